The fraction of sp³-hybridized carbons (Fsp3) is 0.625. The lowest BCUT2D eigenvalue weighted by atomic mass is 9.93. The van der Waals surface area contributed by atoms with Crippen LogP contribution in [0, 0.1) is 11.7 Å². The van der Waals surface area contributed by atoms with Gasteiger partial charge < -0.3 is 5.32 Å². The molecule has 1 unspecified atom stereocenters. The predicted octanol–water partition coefficient (Wildman–Crippen LogP) is 4.17. The van der Waals surface area contributed by atoms with Crippen molar-refractivity contribution < 1.29 is 4.39 Å². The van der Waals surface area contributed by atoms with E-state index in [0.717, 1.165) is 25.1 Å². The van der Waals surface area contributed by atoms with Crippen LogP contribution in [-0.4, -0.2) is 13.1 Å². The zero-order valence-electron chi connectivity index (χ0n) is 11.7. The number of rotatable bonds is 9. The molecule has 2 heteroatoms. The van der Waals surface area contributed by atoms with Gasteiger partial charge in [0.2, 0.25) is 0 Å². The van der Waals surface area contributed by atoms with Crippen LogP contribution in [-0.2, 0) is 6.42 Å². The summed E-state index contributed by atoms with van der Waals surface area (Å²) in [5.74, 6) is 0.501. The second-order valence-corrected chi connectivity index (χ2v) is 5.00. The Balaban J connectivity index is 2.48. The number of nitrogens with one attached hydrogen (secondary N) is 1. The monoisotopic (exact) mass is 251 g/mol. The molecule has 0 saturated carbocycles. The molecule has 0 saturated heterocycles. The van der Waals surface area contributed by atoms with Crippen molar-refractivity contribution in [2.24, 2.45) is 5.92 Å². The fourth-order valence-electron chi connectivity index (χ4n) is 2.31. The van der Waals surface area contributed by atoms with Crippen LogP contribution in [0.4, 0.5) is 4.39 Å². The van der Waals surface area contributed by atoms with Crippen molar-refractivity contribution in [2.75, 3.05) is 13.1 Å². The SMILES string of the molecule is CCCCCC(CNCC)Cc1cccc(F)c1. The maximum absolute atomic E-state index is 13.2. The first-order valence-electron chi connectivity index (χ1n) is 7.21. The zero-order valence-corrected chi connectivity index (χ0v) is 11.7. The molecule has 18 heavy (non-hydrogen) atoms. The number of benzene rings is 1. The smallest absolute Gasteiger partial charge is 0.123 e. The van der Waals surface area contributed by atoms with Gasteiger partial charge in [-0.15, -0.1) is 0 Å². The summed E-state index contributed by atoms with van der Waals surface area (Å²) in [4.78, 5) is 0. The van der Waals surface area contributed by atoms with Gasteiger partial charge in [0.05, 0.1) is 0 Å². The van der Waals surface area contributed by atoms with Gasteiger partial charge in [-0.1, -0.05) is 45.2 Å². The minimum absolute atomic E-state index is 0.122. The van der Waals surface area contributed by atoms with Crippen LogP contribution in [0.15, 0.2) is 24.3 Å². The molecule has 1 aromatic rings. The highest BCUT2D eigenvalue weighted by Gasteiger charge is 2.09. The number of hydrogen-bond donors (Lipinski definition) is 1. The lowest BCUT2D eigenvalue weighted by Crippen LogP contribution is -2.24. The second kappa shape index (κ2) is 9.09. The van der Waals surface area contributed by atoms with E-state index < -0.39 is 0 Å². The van der Waals surface area contributed by atoms with E-state index in [9.17, 15) is 4.39 Å². The van der Waals surface area contributed by atoms with Gasteiger partial charge in [0, 0.05) is 0 Å². The highest BCUT2D eigenvalue weighted by Crippen LogP contribution is 2.16. The Morgan fingerprint density at radius 2 is 2.06 bits per heavy atom. The van der Waals surface area contributed by atoms with Crippen LogP contribution in [0.2, 0.25) is 0 Å². The van der Waals surface area contributed by atoms with Crippen molar-refractivity contribution in [3.05, 3.63) is 35.6 Å². The molecular weight excluding hydrogens is 225 g/mol. The van der Waals surface area contributed by atoms with Gasteiger partial charge in [0.1, 0.15) is 5.82 Å². The van der Waals surface area contributed by atoms with E-state index >= 15 is 0 Å². The van der Waals surface area contributed by atoms with Crippen molar-refractivity contribution >= 4 is 0 Å². The summed E-state index contributed by atoms with van der Waals surface area (Å²) in [7, 11) is 0. The number of unbranched alkanes of at least 4 members (excludes halogenated alkanes) is 2. The van der Waals surface area contributed by atoms with Crippen LogP contribution in [0.1, 0.15) is 45.1 Å². The fourth-order valence-corrected chi connectivity index (χ4v) is 2.31. The summed E-state index contributed by atoms with van der Waals surface area (Å²) in [5, 5.41) is 3.42. The quantitative estimate of drug-likeness (QED) is 0.649. The first-order valence-corrected chi connectivity index (χ1v) is 7.21. The summed E-state index contributed by atoms with van der Waals surface area (Å²) in [6.07, 6.45) is 6.05. The molecular formula is C16H26FN. The molecule has 1 nitrogen and oxygen atoms in total. The Kier molecular flexibility index (Phi) is 7.66. The van der Waals surface area contributed by atoms with E-state index in [2.05, 4.69) is 19.2 Å². The van der Waals surface area contributed by atoms with Crippen molar-refractivity contribution in [2.45, 2.75) is 46.0 Å². The molecule has 0 heterocycles. The number of hydrogen-bond acceptors (Lipinski definition) is 1. The Morgan fingerprint density at radius 1 is 1.22 bits per heavy atom. The van der Waals surface area contributed by atoms with Gasteiger partial charge in [-0.3, -0.25) is 0 Å². The summed E-state index contributed by atoms with van der Waals surface area (Å²) in [6.45, 7) is 6.40. The first-order chi connectivity index (χ1) is 8.76. The van der Waals surface area contributed by atoms with Gasteiger partial charge in [-0.25, -0.2) is 4.39 Å². The highest BCUT2D eigenvalue weighted by molar-refractivity contribution is 5.16. The molecule has 0 aliphatic carbocycles. The first kappa shape index (κ1) is 15.2. The average Bonchev–Trinajstić information content (AvgIpc) is 2.36. The molecule has 1 atom stereocenters. The molecule has 1 rings (SSSR count). The molecule has 0 fully saturated rings. The predicted molar refractivity (Wildman–Crippen MR) is 76.3 cm³/mol. The summed E-state index contributed by atoms with van der Waals surface area (Å²) < 4.78 is 13.2. The summed E-state index contributed by atoms with van der Waals surface area (Å²) in [5.41, 5.74) is 1.12. The number of halogens is 1. The van der Waals surface area contributed by atoms with E-state index in [4.69, 9.17) is 0 Å². The molecule has 0 aromatic heterocycles. The standard InChI is InChI=1S/C16H26FN/c1-3-5-6-8-15(13-18-4-2)11-14-9-7-10-16(17)12-14/h7,9-10,12,15,18H,3-6,8,11,13H2,1-2H3. The largest absolute Gasteiger partial charge is 0.317 e. The molecule has 102 valence electrons. The maximum atomic E-state index is 13.2. The van der Waals surface area contributed by atoms with E-state index in [1.165, 1.54) is 31.7 Å². The minimum Gasteiger partial charge on any atom is -0.317 e. The molecule has 0 spiro atoms. The Hall–Kier alpha value is -0.890. The molecule has 0 radical (unpaired) electrons. The molecule has 0 aliphatic heterocycles. The van der Waals surface area contributed by atoms with Crippen LogP contribution >= 0.6 is 0 Å². The highest BCUT2D eigenvalue weighted by atomic mass is 19.1. The third-order valence-corrected chi connectivity index (χ3v) is 3.31. The topological polar surface area (TPSA) is 12.0 Å². The Morgan fingerprint density at radius 3 is 2.72 bits per heavy atom. The molecule has 0 aliphatic rings. The van der Waals surface area contributed by atoms with Crippen molar-refractivity contribution in [1.82, 2.24) is 5.32 Å². The normalized spacial score (nSPS) is 12.6. The van der Waals surface area contributed by atoms with Crippen molar-refractivity contribution in [1.29, 1.82) is 0 Å². The van der Waals surface area contributed by atoms with Gasteiger partial charge >= 0.3 is 0 Å². The van der Waals surface area contributed by atoms with Crippen LogP contribution in [0.3, 0.4) is 0 Å². The van der Waals surface area contributed by atoms with Gasteiger partial charge in [-0.2, -0.15) is 0 Å². The van der Waals surface area contributed by atoms with E-state index in [1.54, 1.807) is 12.1 Å². The van der Waals surface area contributed by atoms with Crippen LogP contribution in [0.5, 0.6) is 0 Å². The van der Waals surface area contributed by atoms with Crippen LogP contribution < -0.4 is 5.32 Å². The molecule has 0 bridgehead atoms. The maximum Gasteiger partial charge on any atom is 0.123 e. The van der Waals surface area contributed by atoms with Crippen molar-refractivity contribution in [3.8, 4) is 0 Å². The zero-order chi connectivity index (χ0) is 13.2. The van der Waals surface area contributed by atoms with Gasteiger partial charge in [0.15, 0.2) is 0 Å². The third-order valence-electron chi connectivity index (χ3n) is 3.31. The van der Waals surface area contributed by atoms with Gasteiger partial charge in [0.25, 0.3) is 0 Å². The third kappa shape index (κ3) is 6.15. The van der Waals surface area contributed by atoms with E-state index in [-0.39, 0.29) is 5.82 Å². The van der Waals surface area contributed by atoms with Crippen molar-refractivity contribution in [3.63, 3.8) is 0 Å². The van der Waals surface area contributed by atoms with Gasteiger partial charge in [-0.05, 0) is 49.5 Å². The van der Waals surface area contributed by atoms with E-state index in [1.807, 2.05) is 6.07 Å². The molecule has 1 aromatic carbocycles. The Labute approximate surface area is 111 Å². The van der Waals surface area contributed by atoms with Crippen LogP contribution in [0.25, 0.3) is 0 Å². The molecule has 1 N–H and O–H groups in total. The molecule has 0 amide bonds. The lowest BCUT2D eigenvalue weighted by Gasteiger charge is -2.17. The average molecular weight is 251 g/mol. The minimum atomic E-state index is -0.122. The van der Waals surface area contributed by atoms with E-state index in [0.29, 0.717) is 5.92 Å². The summed E-state index contributed by atoms with van der Waals surface area (Å²) >= 11 is 0. The summed E-state index contributed by atoms with van der Waals surface area (Å²) in [6, 6.07) is 7.02. The Bertz CT molecular complexity index is 325. The lowest BCUT2D eigenvalue weighted by molar-refractivity contribution is 0.428. The second-order valence-electron chi connectivity index (χ2n) is 5.00.